The molecule has 0 bridgehead atoms. The number of benzene rings is 2. The van der Waals surface area contributed by atoms with E-state index < -0.39 is 17.8 Å². The lowest BCUT2D eigenvalue weighted by molar-refractivity contribution is -0.137. The number of nitrogens with one attached hydrogen (secondary N) is 1. The van der Waals surface area contributed by atoms with E-state index in [9.17, 15) is 22.8 Å². The third-order valence-electron chi connectivity index (χ3n) is 6.09. The van der Waals surface area contributed by atoms with Gasteiger partial charge in [0.2, 0.25) is 5.91 Å². The van der Waals surface area contributed by atoms with Crippen LogP contribution in [0.15, 0.2) is 36.4 Å². The number of rotatable bonds is 7. The van der Waals surface area contributed by atoms with Crippen molar-refractivity contribution in [1.29, 1.82) is 0 Å². The SMILES string of the molecule is CCCN(CC(=O)N1CCc2cc(OC)c(OC)cc2C1C)C(=O)Nc1ccccc1C(F)(F)F. The molecule has 3 rings (SSSR count). The highest BCUT2D eigenvalue weighted by atomic mass is 19.4. The molecule has 7 nitrogen and oxygen atoms in total. The molecule has 0 saturated heterocycles. The van der Waals surface area contributed by atoms with Gasteiger partial charge in [-0.2, -0.15) is 13.2 Å². The van der Waals surface area contributed by atoms with Gasteiger partial charge >= 0.3 is 12.2 Å². The molecule has 1 N–H and O–H groups in total. The van der Waals surface area contributed by atoms with Gasteiger partial charge < -0.3 is 24.6 Å². The molecule has 2 aromatic rings. The third-order valence-corrected chi connectivity index (χ3v) is 6.09. The van der Waals surface area contributed by atoms with Crippen LogP contribution in [-0.2, 0) is 17.4 Å². The van der Waals surface area contributed by atoms with Gasteiger partial charge in [-0.05, 0) is 55.2 Å². The number of halogens is 3. The minimum Gasteiger partial charge on any atom is -0.493 e. The predicted octanol–water partition coefficient (Wildman–Crippen LogP) is 5.11. The lowest BCUT2D eigenvalue weighted by atomic mass is 9.92. The number of hydrogen-bond donors (Lipinski definition) is 1. The molecule has 1 aliphatic heterocycles. The minimum absolute atomic E-state index is 0.218. The molecule has 2 aromatic carbocycles. The van der Waals surface area contributed by atoms with Crippen molar-refractivity contribution in [1.82, 2.24) is 9.80 Å². The highest BCUT2D eigenvalue weighted by Gasteiger charge is 2.35. The second-order valence-electron chi connectivity index (χ2n) is 8.31. The number of anilines is 1. The van der Waals surface area contributed by atoms with E-state index in [-0.39, 0.29) is 30.7 Å². The predicted molar refractivity (Wildman–Crippen MR) is 126 cm³/mol. The fraction of sp³-hybridized carbons (Fsp3) is 0.440. The normalized spacial score (nSPS) is 15.3. The fourth-order valence-electron chi connectivity index (χ4n) is 4.30. The number of carbonyl (C=O) groups excluding carboxylic acids is 2. The van der Waals surface area contributed by atoms with Gasteiger partial charge in [0.25, 0.3) is 0 Å². The van der Waals surface area contributed by atoms with Crippen LogP contribution in [0.2, 0.25) is 0 Å². The van der Waals surface area contributed by atoms with Gasteiger partial charge in [0.15, 0.2) is 11.5 Å². The zero-order chi connectivity index (χ0) is 25.8. The number of fused-ring (bicyclic) bond motifs is 1. The van der Waals surface area contributed by atoms with Crippen LogP contribution in [0.1, 0.15) is 43.0 Å². The first-order chi connectivity index (χ1) is 16.6. The quantitative estimate of drug-likeness (QED) is 0.582. The number of carbonyl (C=O) groups is 2. The Morgan fingerprint density at radius 1 is 1.14 bits per heavy atom. The highest BCUT2D eigenvalue weighted by molar-refractivity contribution is 5.93. The first kappa shape index (κ1) is 26.2. The van der Waals surface area contributed by atoms with Crippen LogP contribution in [0.3, 0.4) is 0 Å². The van der Waals surface area contributed by atoms with Crippen molar-refractivity contribution >= 4 is 17.6 Å². The Morgan fingerprint density at radius 2 is 1.80 bits per heavy atom. The summed E-state index contributed by atoms with van der Waals surface area (Å²) >= 11 is 0. The Balaban J connectivity index is 1.77. The second-order valence-corrected chi connectivity index (χ2v) is 8.31. The largest absolute Gasteiger partial charge is 0.493 e. The van der Waals surface area contributed by atoms with Gasteiger partial charge in [-0.1, -0.05) is 19.1 Å². The van der Waals surface area contributed by atoms with Crippen molar-refractivity contribution in [2.75, 3.05) is 39.2 Å². The van der Waals surface area contributed by atoms with Crippen LogP contribution in [0.4, 0.5) is 23.7 Å². The van der Waals surface area contributed by atoms with Crippen LogP contribution < -0.4 is 14.8 Å². The second kappa shape index (κ2) is 10.9. The summed E-state index contributed by atoms with van der Waals surface area (Å²) in [5.74, 6) is 0.886. The smallest absolute Gasteiger partial charge is 0.418 e. The lowest BCUT2D eigenvalue weighted by Gasteiger charge is -2.37. The summed E-state index contributed by atoms with van der Waals surface area (Å²) in [5.41, 5.74) is 0.681. The van der Waals surface area contributed by atoms with Crippen molar-refractivity contribution in [3.05, 3.63) is 53.1 Å². The molecule has 3 amide bonds. The molecule has 0 spiro atoms. The summed E-state index contributed by atoms with van der Waals surface area (Å²) < 4.78 is 50.7. The fourth-order valence-corrected chi connectivity index (χ4v) is 4.30. The molecule has 1 unspecified atom stereocenters. The number of methoxy groups -OCH3 is 2. The van der Waals surface area contributed by atoms with Gasteiger partial charge in [-0.3, -0.25) is 4.79 Å². The van der Waals surface area contributed by atoms with E-state index in [0.717, 1.165) is 17.2 Å². The molecule has 1 aliphatic rings. The van der Waals surface area contributed by atoms with Crippen LogP contribution in [0.25, 0.3) is 0 Å². The van der Waals surface area contributed by atoms with Gasteiger partial charge in [0.1, 0.15) is 6.54 Å². The lowest BCUT2D eigenvalue weighted by Crippen LogP contribution is -2.47. The van der Waals surface area contributed by atoms with E-state index in [1.165, 1.54) is 23.1 Å². The molecular weight excluding hydrogens is 463 g/mol. The number of amides is 3. The Kier molecular flexibility index (Phi) is 8.14. The summed E-state index contributed by atoms with van der Waals surface area (Å²) in [4.78, 5) is 29.0. The number of ether oxygens (including phenoxy) is 2. The maximum atomic E-state index is 13.3. The third kappa shape index (κ3) is 5.80. The van der Waals surface area contributed by atoms with Crippen LogP contribution in [0.5, 0.6) is 11.5 Å². The minimum atomic E-state index is -4.62. The van der Waals surface area contributed by atoms with Gasteiger partial charge in [-0.15, -0.1) is 0 Å². The molecule has 1 heterocycles. The molecule has 190 valence electrons. The molecular formula is C25H30F3N3O4. The monoisotopic (exact) mass is 493 g/mol. The maximum Gasteiger partial charge on any atom is 0.418 e. The number of urea groups is 1. The molecule has 0 fully saturated rings. The Labute approximate surface area is 202 Å². The standard InChI is InChI=1S/C25H30F3N3O4/c1-5-11-30(24(33)29-20-9-7-6-8-19(20)25(26,27)28)15-23(32)31-12-10-17-13-21(34-3)22(35-4)14-18(17)16(31)2/h6-9,13-14,16H,5,10-12,15H2,1-4H3,(H,29,33). The highest BCUT2D eigenvalue weighted by Crippen LogP contribution is 2.38. The Bertz CT molecular complexity index is 1070. The number of hydrogen-bond acceptors (Lipinski definition) is 4. The number of alkyl halides is 3. The van der Waals surface area contributed by atoms with E-state index in [1.807, 2.05) is 26.0 Å². The molecule has 0 aromatic heterocycles. The first-order valence-electron chi connectivity index (χ1n) is 11.4. The first-order valence-corrected chi connectivity index (χ1v) is 11.4. The topological polar surface area (TPSA) is 71.1 Å². The van der Waals surface area contributed by atoms with Crippen molar-refractivity contribution in [3.63, 3.8) is 0 Å². The molecule has 10 heteroatoms. The Morgan fingerprint density at radius 3 is 2.43 bits per heavy atom. The molecule has 0 aliphatic carbocycles. The Hall–Kier alpha value is -3.43. The van der Waals surface area contributed by atoms with Crippen molar-refractivity contribution in [2.45, 2.75) is 38.9 Å². The van der Waals surface area contributed by atoms with Crippen LogP contribution in [0, 0.1) is 0 Å². The number of nitrogens with zero attached hydrogens (tertiary/aromatic N) is 2. The average Bonchev–Trinajstić information content (AvgIpc) is 2.82. The zero-order valence-electron chi connectivity index (χ0n) is 20.2. The summed E-state index contributed by atoms with van der Waals surface area (Å²) in [6.07, 6.45) is -3.47. The van der Waals surface area contributed by atoms with Crippen LogP contribution >= 0.6 is 0 Å². The van der Waals surface area contributed by atoms with Crippen molar-refractivity contribution < 1.29 is 32.2 Å². The molecule has 0 radical (unpaired) electrons. The van der Waals surface area contributed by atoms with E-state index >= 15 is 0 Å². The summed E-state index contributed by atoms with van der Waals surface area (Å²) in [7, 11) is 3.10. The van der Waals surface area contributed by atoms with Crippen molar-refractivity contribution in [2.24, 2.45) is 0 Å². The van der Waals surface area contributed by atoms with Crippen molar-refractivity contribution in [3.8, 4) is 11.5 Å². The molecule has 35 heavy (non-hydrogen) atoms. The average molecular weight is 494 g/mol. The maximum absolute atomic E-state index is 13.3. The van der Waals surface area contributed by atoms with Gasteiger partial charge in [0, 0.05) is 13.1 Å². The zero-order valence-corrected chi connectivity index (χ0v) is 20.2. The van der Waals surface area contributed by atoms with Gasteiger partial charge in [-0.25, -0.2) is 4.79 Å². The molecule has 0 saturated carbocycles. The summed E-state index contributed by atoms with van der Waals surface area (Å²) in [5, 5.41) is 2.33. The van der Waals surface area contributed by atoms with E-state index in [2.05, 4.69) is 5.32 Å². The van der Waals surface area contributed by atoms with E-state index in [1.54, 1.807) is 19.1 Å². The van der Waals surface area contributed by atoms with Gasteiger partial charge in [0.05, 0.1) is 31.5 Å². The van der Waals surface area contributed by atoms with E-state index in [4.69, 9.17) is 9.47 Å². The van der Waals surface area contributed by atoms with E-state index in [0.29, 0.717) is 30.9 Å². The molecule has 1 atom stereocenters. The summed E-state index contributed by atoms with van der Waals surface area (Å²) in [6.45, 7) is 4.14. The summed E-state index contributed by atoms with van der Waals surface area (Å²) in [6, 6.07) is 7.49. The van der Waals surface area contributed by atoms with Crippen LogP contribution in [-0.4, -0.2) is 55.6 Å². The number of para-hydroxylation sites is 1.